The van der Waals surface area contributed by atoms with Gasteiger partial charge in [-0.2, -0.15) is 11.8 Å². The van der Waals surface area contributed by atoms with Gasteiger partial charge >= 0.3 is 0 Å². The Labute approximate surface area is 146 Å². The normalized spacial score (nSPS) is 7.86. The third-order valence-corrected chi connectivity index (χ3v) is 0. The summed E-state index contributed by atoms with van der Waals surface area (Å²) in [5, 5.41) is 0. The molecule has 142 valence electrons. The highest BCUT2D eigenvalue weighted by Gasteiger charge is 1.79. The minimum Gasteiger partial charge on any atom is -0.388 e. The van der Waals surface area contributed by atoms with Crippen molar-refractivity contribution in [1.29, 1.82) is 0 Å². The molecule has 0 saturated heterocycles. The second-order valence-electron chi connectivity index (χ2n) is 4.32. The van der Waals surface area contributed by atoms with Crippen LogP contribution in [0.15, 0.2) is 0 Å². The monoisotopic (exact) mass is 382 g/mol. The highest BCUT2D eigenvalue weighted by molar-refractivity contribution is 7.97. The second kappa shape index (κ2) is 37.4. The molecule has 0 atom stereocenters. The maximum atomic E-state index is 9.63. The van der Waals surface area contributed by atoms with E-state index >= 15 is 0 Å². The SMILES string of the molecule is CC(C)=O.CCC.COC.CS(C)(=O)=O.CS(C)=O.CSC. The molecule has 0 aliphatic rings. The standard InChI is InChI=1S/C3H6O.C3H8.C2H6O2S.C2H6OS.C2H6O.C2H6S/c1-3(2)4;1-3-2;1-5(2,3)4;1-4(2)3;2*1-3-2/h1-2H3;3H2,1-2H3;1-2H3;1-2H3;2*1-2H3. The van der Waals surface area contributed by atoms with E-state index in [0.717, 1.165) is 12.5 Å². The average molecular weight is 383 g/mol. The molecule has 0 rings (SSSR count). The smallest absolute Gasteiger partial charge is 0.144 e. The van der Waals surface area contributed by atoms with E-state index < -0.39 is 20.6 Å². The first-order chi connectivity index (χ1) is 9.71. The van der Waals surface area contributed by atoms with Crippen molar-refractivity contribution in [3.63, 3.8) is 0 Å². The molecule has 0 N–H and O–H groups in total. The lowest BCUT2D eigenvalue weighted by Gasteiger charge is -1.69. The minimum absolute atomic E-state index is 0.167. The third kappa shape index (κ3) is 1140000. The topological polar surface area (TPSA) is 77.5 Å². The van der Waals surface area contributed by atoms with E-state index in [-0.39, 0.29) is 5.78 Å². The summed E-state index contributed by atoms with van der Waals surface area (Å²) >= 11 is 1.75. The summed E-state index contributed by atoms with van der Waals surface area (Å²) in [4.78, 5) is 9.44. The summed E-state index contributed by atoms with van der Waals surface area (Å²) in [5.74, 6) is 0.167. The van der Waals surface area contributed by atoms with E-state index in [1.54, 1.807) is 38.5 Å². The van der Waals surface area contributed by atoms with E-state index in [0.29, 0.717) is 0 Å². The van der Waals surface area contributed by atoms with Crippen LogP contribution in [0.5, 0.6) is 0 Å². The van der Waals surface area contributed by atoms with Crippen molar-refractivity contribution in [3.8, 4) is 0 Å². The molecule has 0 spiro atoms. The van der Waals surface area contributed by atoms with Crippen LogP contribution >= 0.6 is 11.8 Å². The third-order valence-electron chi connectivity index (χ3n) is 0. The molecule has 0 aromatic carbocycles. The molecule has 0 saturated carbocycles. The summed E-state index contributed by atoms with van der Waals surface area (Å²) in [7, 11) is -0.0278. The number of ether oxygens (including phenoxy) is 1. The highest BCUT2D eigenvalue weighted by Crippen LogP contribution is 1.70. The van der Waals surface area contributed by atoms with Crippen LogP contribution in [0.2, 0.25) is 0 Å². The molecule has 5 nitrogen and oxygen atoms in total. The molecule has 0 amide bonds. The summed E-state index contributed by atoms with van der Waals surface area (Å²) < 4.78 is 33.1. The van der Waals surface area contributed by atoms with Gasteiger partial charge in [0.05, 0.1) is 0 Å². The number of ketones is 1. The van der Waals surface area contributed by atoms with Gasteiger partial charge in [0.25, 0.3) is 0 Å². The Bertz CT molecular complexity index is 256. The first-order valence-corrected chi connectivity index (χ1v) is 12.3. The Morgan fingerprint density at radius 3 is 1.05 bits per heavy atom. The van der Waals surface area contributed by atoms with E-state index in [2.05, 4.69) is 18.6 Å². The molecule has 0 unspecified atom stereocenters. The maximum Gasteiger partial charge on any atom is 0.144 e. The fourth-order valence-corrected chi connectivity index (χ4v) is 0. The lowest BCUT2D eigenvalue weighted by molar-refractivity contribution is -0.114. The number of methoxy groups -OCH3 is 1. The van der Waals surface area contributed by atoms with Crippen LogP contribution < -0.4 is 0 Å². The van der Waals surface area contributed by atoms with Crippen molar-refractivity contribution in [1.82, 2.24) is 0 Å². The largest absolute Gasteiger partial charge is 0.388 e. The number of hydrogen-bond donors (Lipinski definition) is 0. The van der Waals surface area contributed by atoms with Crippen molar-refractivity contribution < 1.29 is 22.2 Å². The van der Waals surface area contributed by atoms with Gasteiger partial charge in [-0.25, -0.2) is 8.42 Å². The van der Waals surface area contributed by atoms with Crippen LogP contribution in [-0.4, -0.2) is 70.2 Å². The molecule has 0 aromatic rings. The van der Waals surface area contributed by atoms with Gasteiger partial charge in [0.1, 0.15) is 15.6 Å². The Hall–Kier alpha value is 0.0800. The maximum absolute atomic E-state index is 9.63. The number of hydrogen-bond acceptors (Lipinski definition) is 6. The van der Waals surface area contributed by atoms with Gasteiger partial charge in [-0.05, 0) is 26.4 Å². The van der Waals surface area contributed by atoms with Gasteiger partial charge in [0, 0.05) is 50.0 Å². The number of rotatable bonds is 0. The van der Waals surface area contributed by atoms with Crippen molar-refractivity contribution >= 4 is 38.2 Å². The molecule has 22 heavy (non-hydrogen) atoms. The zero-order valence-corrected chi connectivity index (χ0v) is 18.9. The Morgan fingerprint density at radius 1 is 1.05 bits per heavy atom. The first-order valence-electron chi connectivity index (χ1n) is 6.38. The van der Waals surface area contributed by atoms with Crippen LogP contribution in [0, 0.1) is 0 Å². The lowest BCUT2D eigenvalue weighted by Crippen LogP contribution is -1.86. The first kappa shape index (κ1) is 37.9. The van der Waals surface area contributed by atoms with Crippen molar-refractivity contribution in [2.45, 2.75) is 34.1 Å². The molecular formula is C14H38O5S3. The summed E-state index contributed by atoms with van der Waals surface area (Å²) in [6, 6.07) is 0. The Kier molecular flexibility index (Phi) is 64.5. The zero-order valence-electron chi connectivity index (χ0n) is 16.5. The van der Waals surface area contributed by atoms with Crippen LogP contribution in [0.25, 0.3) is 0 Å². The summed E-state index contributed by atoms with van der Waals surface area (Å²) in [6.07, 6.45) is 10.9. The number of thioether (sulfide) groups is 1. The van der Waals surface area contributed by atoms with Gasteiger partial charge in [-0.3, -0.25) is 4.21 Å². The van der Waals surface area contributed by atoms with Gasteiger partial charge in [0.2, 0.25) is 0 Å². The van der Waals surface area contributed by atoms with E-state index in [9.17, 15) is 17.4 Å². The predicted octanol–water partition coefficient (Wildman–Crippen LogP) is 2.91. The van der Waals surface area contributed by atoms with Crippen molar-refractivity contribution in [3.05, 3.63) is 0 Å². The summed E-state index contributed by atoms with van der Waals surface area (Å²) in [6.45, 7) is 7.31. The minimum atomic E-state index is -2.67. The van der Waals surface area contributed by atoms with E-state index in [4.69, 9.17) is 0 Å². The fraction of sp³-hybridized carbons (Fsp3) is 0.929. The Morgan fingerprint density at radius 2 is 1.05 bits per heavy atom. The molecule has 0 heterocycles. The van der Waals surface area contributed by atoms with Crippen molar-refractivity contribution in [2.75, 3.05) is 51.8 Å². The van der Waals surface area contributed by atoms with Crippen LogP contribution in [0.3, 0.4) is 0 Å². The van der Waals surface area contributed by atoms with Gasteiger partial charge in [-0.15, -0.1) is 0 Å². The molecule has 8 heteroatoms. The van der Waals surface area contributed by atoms with Gasteiger partial charge in [0.15, 0.2) is 0 Å². The second-order valence-corrected chi connectivity index (χ2v) is 8.90. The lowest BCUT2D eigenvalue weighted by atomic mass is 10.6. The van der Waals surface area contributed by atoms with E-state index in [1.807, 2.05) is 12.5 Å². The number of carbonyl (C=O) groups is 1. The van der Waals surface area contributed by atoms with E-state index in [1.165, 1.54) is 20.3 Å². The molecule has 0 fully saturated rings. The number of carbonyl (C=O) groups excluding carboxylic acids is 1. The van der Waals surface area contributed by atoms with Crippen LogP contribution in [-0.2, 0) is 30.2 Å². The quantitative estimate of drug-likeness (QED) is 0.641. The average Bonchev–Trinajstić information content (AvgIpc) is 2.14. The fourth-order valence-electron chi connectivity index (χ4n) is 0. The van der Waals surface area contributed by atoms with Crippen molar-refractivity contribution in [2.24, 2.45) is 0 Å². The van der Waals surface area contributed by atoms with Crippen LogP contribution in [0.4, 0.5) is 0 Å². The zero-order chi connectivity index (χ0) is 19.8. The molecule has 0 aliphatic heterocycles. The van der Waals surface area contributed by atoms with Gasteiger partial charge < -0.3 is 9.53 Å². The molecule has 0 radical (unpaired) electrons. The summed E-state index contributed by atoms with van der Waals surface area (Å²) in [5.41, 5.74) is 0. The van der Waals surface area contributed by atoms with Crippen LogP contribution in [0.1, 0.15) is 34.1 Å². The predicted molar refractivity (Wildman–Crippen MR) is 105 cm³/mol. The number of sulfone groups is 1. The highest BCUT2D eigenvalue weighted by atomic mass is 32.2. The molecule has 0 aliphatic carbocycles. The van der Waals surface area contributed by atoms with Gasteiger partial charge in [-0.1, -0.05) is 20.3 Å². The molecule has 0 bridgehead atoms. The molecule has 0 aromatic heterocycles. The number of Topliss-reactive ketones (excluding diaryl/α,β-unsaturated/α-hetero) is 1. The Balaban J connectivity index is -0.0000000354. The molecular weight excluding hydrogens is 344 g/mol.